The highest BCUT2D eigenvalue weighted by Gasteiger charge is 2.20. The van der Waals surface area contributed by atoms with Gasteiger partial charge in [0.25, 0.3) is 0 Å². The van der Waals surface area contributed by atoms with Gasteiger partial charge in [-0.05, 0) is 36.4 Å². The fourth-order valence-corrected chi connectivity index (χ4v) is 2.31. The van der Waals surface area contributed by atoms with E-state index in [1.165, 1.54) is 0 Å². The minimum Gasteiger partial charge on any atom is -0.468 e. The Labute approximate surface area is 105 Å². The molecule has 0 radical (unpaired) electrons. The van der Waals surface area contributed by atoms with Crippen LogP contribution in [0.25, 0.3) is 0 Å². The number of nitrogens with one attached hydrogen (secondary N) is 1. The molecule has 0 aromatic carbocycles. The van der Waals surface area contributed by atoms with E-state index in [2.05, 4.69) is 33.0 Å². The molecule has 0 saturated heterocycles. The molecule has 1 aromatic rings. The van der Waals surface area contributed by atoms with Gasteiger partial charge < -0.3 is 15.5 Å². The lowest BCUT2D eigenvalue weighted by Crippen LogP contribution is -2.35. The van der Waals surface area contributed by atoms with E-state index in [9.17, 15) is 0 Å². The predicted octanol–water partition coefficient (Wildman–Crippen LogP) is 2.80. The van der Waals surface area contributed by atoms with Crippen LogP contribution in [-0.2, 0) is 0 Å². The standard InChI is InChI=1S/C14H26N2O/c1-10(2)12(11(3)4)9-16-13(8-15)14-6-5-7-17-14/h5-7,10-13,16H,8-9,15H2,1-4H3. The van der Waals surface area contributed by atoms with Crippen molar-refractivity contribution in [2.75, 3.05) is 13.1 Å². The van der Waals surface area contributed by atoms with Crippen LogP contribution < -0.4 is 11.1 Å². The van der Waals surface area contributed by atoms with Gasteiger partial charge in [-0.1, -0.05) is 27.7 Å². The maximum absolute atomic E-state index is 5.78. The van der Waals surface area contributed by atoms with Gasteiger partial charge in [0.1, 0.15) is 5.76 Å². The molecule has 0 aliphatic carbocycles. The van der Waals surface area contributed by atoms with Crippen molar-refractivity contribution < 1.29 is 4.42 Å². The fraction of sp³-hybridized carbons (Fsp3) is 0.714. The van der Waals surface area contributed by atoms with Gasteiger partial charge in [-0.25, -0.2) is 0 Å². The minimum atomic E-state index is 0.130. The molecule has 17 heavy (non-hydrogen) atoms. The van der Waals surface area contributed by atoms with E-state index in [0.717, 1.165) is 12.3 Å². The molecule has 0 amide bonds. The van der Waals surface area contributed by atoms with Crippen molar-refractivity contribution in [3.63, 3.8) is 0 Å². The molecule has 98 valence electrons. The highest BCUT2D eigenvalue weighted by Crippen LogP contribution is 2.21. The predicted molar refractivity (Wildman–Crippen MR) is 71.7 cm³/mol. The summed E-state index contributed by atoms with van der Waals surface area (Å²) in [6, 6.07) is 4.01. The van der Waals surface area contributed by atoms with E-state index < -0.39 is 0 Å². The van der Waals surface area contributed by atoms with Gasteiger partial charge in [0, 0.05) is 6.54 Å². The summed E-state index contributed by atoms with van der Waals surface area (Å²) in [5.74, 6) is 2.95. The van der Waals surface area contributed by atoms with Gasteiger partial charge in [-0.15, -0.1) is 0 Å². The lowest BCUT2D eigenvalue weighted by atomic mass is 9.85. The molecule has 0 aliphatic heterocycles. The van der Waals surface area contributed by atoms with E-state index >= 15 is 0 Å². The molecule has 3 heteroatoms. The Morgan fingerprint density at radius 2 is 1.88 bits per heavy atom. The summed E-state index contributed by atoms with van der Waals surface area (Å²) in [4.78, 5) is 0. The molecule has 0 spiro atoms. The molecule has 0 bridgehead atoms. The summed E-state index contributed by atoms with van der Waals surface area (Å²) in [6.45, 7) is 10.6. The van der Waals surface area contributed by atoms with Crippen molar-refractivity contribution >= 4 is 0 Å². The van der Waals surface area contributed by atoms with E-state index in [4.69, 9.17) is 10.2 Å². The third-order valence-corrected chi connectivity index (χ3v) is 3.43. The summed E-state index contributed by atoms with van der Waals surface area (Å²) in [6.07, 6.45) is 1.70. The molecule has 3 N–H and O–H groups in total. The van der Waals surface area contributed by atoms with Crippen LogP contribution in [0.3, 0.4) is 0 Å². The summed E-state index contributed by atoms with van der Waals surface area (Å²) in [5, 5.41) is 3.52. The first-order valence-electron chi connectivity index (χ1n) is 6.53. The Hall–Kier alpha value is -0.800. The Morgan fingerprint density at radius 3 is 2.29 bits per heavy atom. The van der Waals surface area contributed by atoms with Gasteiger partial charge in [-0.3, -0.25) is 0 Å². The smallest absolute Gasteiger partial charge is 0.121 e. The number of hydrogen-bond acceptors (Lipinski definition) is 3. The molecule has 1 heterocycles. The van der Waals surface area contributed by atoms with Crippen LogP contribution in [0.4, 0.5) is 0 Å². The summed E-state index contributed by atoms with van der Waals surface area (Å²) in [5.41, 5.74) is 5.78. The van der Waals surface area contributed by atoms with Crippen LogP contribution in [0.5, 0.6) is 0 Å². The van der Waals surface area contributed by atoms with Gasteiger partial charge in [-0.2, -0.15) is 0 Å². The van der Waals surface area contributed by atoms with Crippen LogP contribution in [0.1, 0.15) is 39.5 Å². The van der Waals surface area contributed by atoms with E-state index in [1.807, 2.05) is 12.1 Å². The van der Waals surface area contributed by atoms with Crippen molar-refractivity contribution in [3.05, 3.63) is 24.2 Å². The Balaban J connectivity index is 2.52. The largest absolute Gasteiger partial charge is 0.468 e. The minimum absolute atomic E-state index is 0.130. The topological polar surface area (TPSA) is 51.2 Å². The lowest BCUT2D eigenvalue weighted by Gasteiger charge is -2.27. The maximum atomic E-state index is 5.78. The first-order chi connectivity index (χ1) is 8.06. The molecule has 1 rings (SSSR count). The highest BCUT2D eigenvalue weighted by atomic mass is 16.3. The van der Waals surface area contributed by atoms with Gasteiger partial charge in [0.15, 0.2) is 0 Å². The molecule has 1 unspecified atom stereocenters. The van der Waals surface area contributed by atoms with Crippen LogP contribution in [-0.4, -0.2) is 13.1 Å². The van der Waals surface area contributed by atoms with Crippen LogP contribution in [0, 0.1) is 17.8 Å². The third kappa shape index (κ3) is 4.17. The first kappa shape index (κ1) is 14.3. The van der Waals surface area contributed by atoms with E-state index in [1.54, 1.807) is 6.26 Å². The molecule has 3 nitrogen and oxygen atoms in total. The molecule has 1 aromatic heterocycles. The second-order valence-electron chi connectivity index (χ2n) is 5.36. The average molecular weight is 238 g/mol. The fourth-order valence-electron chi connectivity index (χ4n) is 2.31. The van der Waals surface area contributed by atoms with Crippen molar-refractivity contribution in [3.8, 4) is 0 Å². The number of rotatable bonds is 7. The van der Waals surface area contributed by atoms with Crippen LogP contribution in [0.2, 0.25) is 0 Å². The lowest BCUT2D eigenvalue weighted by molar-refractivity contribution is 0.260. The number of furan rings is 1. The third-order valence-electron chi connectivity index (χ3n) is 3.43. The molecule has 1 atom stereocenters. The van der Waals surface area contributed by atoms with Crippen LogP contribution >= 0.6 is 0 Å². The number of nitrogens with two attached hydrogens (primary N) is 1. The van der Waals surface area contributed by atoms with E-state index in [-0.39, 0.29) is 6.04 Å². The van der Waals surface area contributed by atoms with E-state index in [0.29, 0.717) is 24.3 Å². The zero-order valence-corrected chi connectivity index (χ0v) is 11.4. The summed E-state index contributed by atoms with van der Waals surface area (Å²) >= 11 is 0. The Kier molecular flexibility index (Phi) is 5.72. The van der Waals surface area contributed by atoms with Gasteiger partial charge in [0.2, 0.25) is 0 Å². The zero-order chi connectivity index (χ0) is 12.8. The summed E-state index contributed by atoms with van der Waals surface area (Å²) in [7, 11) is 0. The van der Waals surface area contributed by atoms with Gasteiger partial charge >= 0.3 is 0 Å². The quantitative estimate of drug-likeness (QED) is 0.768. The second-order valence-corrected chi connectivity index (χ2v) is 5.36. The average Bonchev–Trinajstić information content (AvgIpc) is 2.76. The SMILES string of the molecule is CC(C)C(CNC(CN)c1ccco1)C(C)C. The van der Waals surface area contributed by atoms with Crippen molar-refractivity contribution in [1.82, 2.24) is 5.32 Å². The van der Waals surface area contributed by atoms with Crippen molar-refractivity contribution in [2.45, 2.75) is 33.7 Å². The second kappa shape index (κ2) is 6.82. The maximum Gasteiger partial charge on any atom is 0.121 e. The molecule has 0 saturated carbocycles. The van der Waals surface area contributed by atoms with Gasteiger partial charge in [0.05, 0.1) is 12.3 Å². The molecular weight excluding hydrogens is 212 g/mol. The molecule has 0 fully saturated rings. The molecule has 0 aliphatic rings. The Bertz CT molecular complexity index is 285. The van der Waals surface area contributed by atoms with Crippen molar-refractivity contribution in [2.24, 2.45) is 23.5 Å². The molecular formula is C14H26N2O. The monoisotopic (exact) mass is 238 g/mol. The number of hydrogen-bond donors (Lipinski definition) is 2. The normalized spacial score (nSPS) is 13.9. The van der Waals surface area contributed by atoms with Crippen LogP contribution in [0.15, 0.2) is 22.8 Å². The summed E-state index contributed by atoms with van der Waals surface area (Å²) < 4.78 is 5.40. The van der Waals surface area contributed by atoms with Crippen molar-refractivity contribution in [1.29, 1.82) is 0 Å². The zero-order valence-electron chi connectivity index (χ0n) is 11.4. The highest BCUT2D eigenvalue weighted by molar-refractivity contribution is 5.04. The first-order valence-corrected chi connectivity index (χ1v) is 6.53. The Morgan fingerprint density at radius 1 is 1.24 bits per heavy atom.